The van der Waals surface area contributed by atoms with Gasteiger partial charge in [-0.25, -0.2) is 0 Å². The molecule has 8 heteroatoms. The second kappa shape index (κ2) is 10.6. The zero-order valence-corrected chi connectivity index (χ0v) is 20.7. The highest BCUT2D eigenvalue weighted by molar-refractivity contribution is 6.47. The summed E-state index contributed by atoms with van der Waals surface area (Å²) in [5.41, 5.74) is 1.41. The van der Waals surface area contributed by atoms with Gasteiger partial charge in [0.1, 0.15) is 5.75 Å². The molecule has 0 aromatic heterocycles. The molecule has 0 bridgehead atoms. The highest BCUT2D eigenvalue weighted by Gasteiger charge is 2.45. The maximum Gasteiger partial charge on any atom is 0.295 e. The Labute approximate surface area is 204 Å². The summed E-state index contributed by atoms with van der Waals surface area (Å²) in [4.78, 5) is 29.0. The molecule has 0 spiro atoms. The molecule has 0 radical (unpaired) electrons. The number of carbonyl (C=O) groups is 2. The first-order valence-electron chi connectivity index (χ1n) is 10.9. The molecule has 1 atom stereocenters. The van der Waals surface area contributed by atoms with Crippen LogP contribution in [-0.2, 0) is 9.59 Å². The van der Waals surface area contributed by atoms with Crippen molar-refractivity contribution in [3.8, 4) is 5.75 Å². The zero-order chi connectivity index (χ0) is 24.3. The first kappa shape index (κ1) is 25.1. The van der Waals surface area contributed by atoms with Crippen LogP contribution in [-0.4, -0.2) is 49.9 Å². The molecule has 1 fully saturated rings. The van der Waals surface area contributed by atoms with Gasteiger partial charge < -0.3 is 19.6 Å². The lowest BCUT2D eigenvalue weighted by Gasteiger charge is -2.29. The molecule has 2 aromatic rings. The number of aryl methyl sites for hydroxylation is 1. The predicted octanol–water partition coefficient (Wildman–Crippen LogP) is 2.46. The number of likely N-dealkylation sites (tertiary alicyclic amines) is 1. The van der Waals surface area contributed by atoms with Crippen LogP contribution >= 0.6 is 23.2 Å². The number of halogens is 2. The lowest BCUT2D eigenvalue weighted by atomic mass is 9.94. The van der Waals surface area contributed by atoms with E-state index in [0.29, 0.717) is 45.6 Å². The quantitative estimate of drug-likeness (QED) is 0.350. The third-order valence-corrected chi connectivity index (χ3v) is 6.73. The largest absolute Gasteiger partial charge is 0.872 e. The normalized spacial score (nSPS) is 17.8. The molecule has 1 amide bonds. The Morgan fingerprint density at radius 2 is 1.82 bits per heavy atom. The van der Waals surface area contributed by atoms with Gasteiger partial charge in [-0.2, -0.15) is 0 Å². The van der Waals surface area contributed by atoms with Crippen molar-refractivity contribution in [1.82, 2.24) is 4.90 Å². The minimum Gasteiger partial charge on any atom is -0.872 e. The molecule has 1 heterocycles. The molecular formula is C25H28Cl2N2O4. The molecule has 0 aliphatic carbocycles. The van der Waals surface area contributed by atoms with E-state index < -0.39 is 23.5 Å². The molecule has 33 heavy (non-hydrogen) atoms. The maximum absolute atomic E-state index is 13.6. The van der Waals surface area contributed by atoms with Crippen molar-refractivity contribution >= 4 is 40.7 Å². The average Bonchev–Trinajstić information content (AvgIpc) is 3.04. The SMILES string of the molecule is CC[NH+](CC)CCN1C(=O)C(=O)C(=C([O-])c2ccc(OC)cc2C)C1c1ccc(Cl)cc1Cl. The highest BCUT2D eigenvalue weighted by atomic mass is 35.5. The summed E-state index contributed by atoms with van der Waals surface area (Å²) in [5, 5.41) is 14.4. The number of amides is 1. The summed E-state index contributed by atoms with van der Waals surface area (Å²) in [7, 11) is 1.54. The third kappa shape index (κ3) is 5.03. The standard InChI is InChI=1S/C25H28Cl2N2O4/c1-5-28(6-2)11-12-29-22(19-9-7-16(26)14-20(19)27)21(24(31)25(29)32)23(30)18-10-8-17(33-4)13-15(18)3/h7-10,13-14,22,30H,5-6,11-12H2,1-4H3. The number of benzene rings is 2. The van der Waals surface area contributed by atoms with Gasteiger partial charge in [0.2, 0.25) is 5.78 Å². The smallest absolute Gasteiger partial charge is 0.295 e. The number of hydrogen-bond acceptors (Lipinski definition) is 4. The molecular weight excluding hydrogens is 463 g/mol. The number of ether oxygens (including phenoxy) is 1. The van der Waals surface area contributed by atoms with Gasteiger partial charge >= 0.3 is 0 Å². The van der Waals surface area contributed by atoms with E-state index >= 15 is 0 Å². The second-order valence-electron chi connectivity index (χ2n) is 8.03. The molecule has 176 valence electrons. The van der Waals surface area contributed by atoms with Crippen LogP contribution in [0.2, 0.25) is 10.0 Å². The average molecular weight is 491 g/mol. The van der Waals surface area contributed by atoms with E-state index in [0.717, 1.165) is 13.1 Å². The Morgan fingerprint density at radius 3 is 2.39 bits per heavy atom. The number of carbonyl (C=O) groups excluding carboxylic acids is 2. The Kier molecular flexibility index (Phi) is 8.05. The van der Waals surface area contributed by atoms with Gasteiger partial charge in [-0.1, -0.05) is 41.1 Å². The molecule has 3 rings (SSSR count). The van der Waals surface area contributed by atoms with Crippen molar-refractivity contribution in [3.63, 3.8) is 0 Å². The van der Waals surface area contributed by atoms with Gasteiger partial charge in [0.15, 0.2) is 0 Å². The first-order valence-corrected chi connectivity index (χ1v) is 11.7. The number of Topliss-reactive ketones (excluding diaryl/α,β-unsaturated/α-hetero) is 1. The summed E-state index contributed by atoms with van der Waals surface area (Å²) in [6.45, 7) is 8.65. The monoisotopic (exact) mass is 490 g/mol. The summed E-state index contributed by atoms with van der Waals surface area (Å²) in [6.07, 6.45) is 0. The molecule has 0 saturated carbocycles. The molecule has 1 N–H and O–H groups in total. The van der Waals surface area contributed by atoms with Gasteiger partial charge in [0.25, 0.3) is 5.91 Å². The minimum atomic E-state index is -0.876. The van der Waals surface area contributed by atoms with Crippen molar-refractivity contribution in [3.05, 3.63) is 68.7 Å². The number of hydrogen-bond donors (Lipinski definition) is 1. The van der Waals surface area contributed by atoms with Crippen LogP contribution in [0.1, 0.15) is 36.6 Å². The number of likely N-dealkylation sites (N-methyl/N-ethyl adjacent to an activating group) is 1. The molecule has 6 nitrogen and oxygen atoms in total. The van der Waals surface area contributed by atoms with Crippen LogP contribution in [0.5, 0.6) is 5.75 Å². The van der Waals surface area contributed by atoms with E-state index in [-0.39, 0.29) is 5.57 Å². The van der Waals surface area contributed by atoms with Crippen LogP contribution in [0.4, 0.5) is 0 Å². The summed E-state index contributed by atoms with van der Waals surface area (Å²) >= 11 is 12.6. The minimum absolute atomic E-state index is 0.0907. The van der Waals surface area contributed by atoms with Crippen molar-refractivity contribution in [2.75, 3.05) is 33.3 Å². The van der Waals surface area contributed by atoms with E-state index in [1.807, 2.05) is 0 Å². The molecule has 1 unspecified atom stereocenters. The Bertz CT molecular complexity index is 1100. The zero-order valence-electron chi connectivity index (χ0n) is 19.2. The van der Waals surface area contributed by atoms with E-state index in [2.05, 4.69) is 13.8 Å². The van der Waals surface area contributed by atoms with Crippen LogP contribution in [0.3, 0.4) is 0 Å². The summed E-state index contributed by atoms with van der Waals surface area (Å²) in [5.74, 6) is -1.36. The summed E-state index contributed by atoms with van der Waals surface area (Å²) in [6, 6.07) is 9.00. The number of rotatable bonds is 8. The Hall–Kier alpha value is -2.54. The lowest BCUT2D eigenvalue weighted by Crippen LogP contribution is -3.12. The van der Waals surface area contributed by atoms with E-state index in [1.165, 1.54) is 9.80 Å². The number of nitrogens with one attached hydrogen (secondary N) is 1. The molecule has 1 saturated heterocycles. The number of methoxy groups -OCH3 is 1. The predicted molar refractivity (Wildman–Crippen MR) is 127 cm³/mol. The molecule has 2 aromatic carbocycles. The number of quaternary nitrogens is 1. The molecule has 1 aliphatic rings. The fourth-order valence-corrected chi connectivity index (χ4v) is 4.70. The van der Waals surface area contributed by atoms with Crippen LogP contribution < -0.4 is 14.7 Å². The Morgan fingerprint density at radius 1 is 1.12 bits per heavy atom. The van der Waals surface area contributed by atoms with Crippen LogP contribution in [0.15, 0.2) is 42.0 Å². The number of nitrogens with zero attached hydrogens (tertiary/aromatic N) is 1. The van der Waals surface area contributed by atoms with Crippen molar-refractivity contribution in [2.24, 2.45) is 0 Å². The fourth-order valence-electron chi connectivity index (χ4n) is 4.19. The molecule has 1 aliphatic heterocycles. The van der Waals surface area contributed by atoms with Gasteiger partial charge in [0.05, 0.1) is 39.3 Å². The fraction of sp³-hybridized carbons (Fsp3) is 0.360. The van der Waals surface area contributed by atoms with E-state index in [9.17, 15) is 14.7 Å². The lowest BCUT2D eigenvalue weighted by molar-refractivity contribution is -0.895. The Balaban J connectivity index is 2.17. The second-order valence-corrected chi connectivity index (χ2v) is 8.87. The van der Waals surface area contributed by atoms with E-state index in [1.54, 1.807) is 50.4 Å². The number of ketones is 1. The van der Waals surface area contributed by atoms with Gasteiger partial charge in [0, 0.05) is 15.6 Å². The maximum atomic E-state index is 13.6. The third-order valence-electron chi connectivity index (χ3n) is 6.17. The first-order chi connectivity index (χ1) is 15.7. The van der Waals surface area contributed by atoms with E-state index in [4.69, 9.17) is 27.9 Å². The topological polar surface area (TPSA) is 74.1 Å². The van der Waals surface area contributed by atoms with Crippen LogP contribution in [0.25, 0.3) is 5.76 Å². The van der Waals surface area contributed by atoms with Gasteiger partial charge in [-0.3, -0.25) is 9.59 Å². The van der Waals surface area contributed by atoms with Gasteiger partial charge in [-0.05, 0) is 61.7 Å². The van der Waals surface area contributed by atoms with Crippen molar-refractivity contribution < 1.29 is 24.3 Å². The van der Waals surface area contributed by atoms with Crippen molar-refractivity contribution in [2.45, 2.75) is 26.8 Å². The summed E-state index contributed by atoms with van der Waals surface area (Å²) < 4.78 is 5.22. The van der Waals surface area contributed by atoms with Crippen molar-refractivity contribution in [1.29, 1.82) is 0 Å². The van der Waals surface area contributed by atoms with Gasteiger partial charge in [-0.15, -0.1) is 0 Å². The highest BCUT2D eigenvalue weighted by Crippen LogP contribution is 2.42. The van der Waals surface area contributed by atoms with Crippen LogP contribution in [0, 0.1) is 6.92 Å².